The van der Waals surface area contributed by atoms with Crippen LogP contribution in [0.5, 0.6) is 0 Å². The Morgan fingerprint density at radius 3 is 1.52 bits per heavy atom. The zero-order valence-corrected chi connectivity index (χ0v) is 23.6. The van der Waals surface area contributed by atoms with Crippen LogP contribution >= 0.6 is 11.8 Å². The highest BCUT2D eigenvalue weighted by Crippen LogP contribution is 2.46. The molecule has 2 aliphatic rings. The molecule has 2 saturated carbocycles. The first-order valence-electron chi connectivity index (χ1n) is 14.8. The van der Waals surface area contributed by atoms with E-state index in [0.29, 0.717) is 41.4 Å². The van der Waals surface area contributed by atoms with Crippen LogP contribution in [0.4, 0.5) is 0 Å². The molecule has 0 aromatic carbocycles. The molecule has 0 aliphatic heterocycles. The quantitative estimate of drug-likeness (QED) is 0.230. The van der Waals surface area contributed by atoms with Crippen molar-refractivity contribution in [3.05, 3.63) is 0 Å². The molecule has 33 heavy (non-hydrogen) atoms. The molecule has 0 heterocycles. The molecule has 0 bridgehead atoms. The van der Waals surface area contributed by atoms with Gasteiger partial charge < -0.3 is 10.2 Å². The summed E-state index contributed by atoms with van der Waals surface area (Å²) in [6, 6.07) is 0. The van der Waals surface area contributed by atoms with Gasteiger partial charge in [-0.1, -0.05) is 92.4 Å². The largest absolute Gasteiger partial charge is 0.393 e. The summed E-state index contributed by atoms with van der Waals surface area (Å²) in [5, 5.41) is 22.3. The summed E-state index contributed by atoms with van der Waals surface area (Å²) in [6.07, 6.45) is 18.1. The lowest BCUT2D eigenvalue weighted by molar-refractivity contribution is -0.0733. The van der Waals surface area contributed by atoms with Crippen molar-refractivity contribution in [2.45, 2.75) is 137 Å². The van der Waals surface area contributed by atoms with Gasteiger partial charge in [-0.3, -0.25) is 0 Å². The molecule has 3 heteroatoms. The maximum absolute atomic E-state index is 11.2. The smallest absolute Gasteiger partial charge is 0.0597 e. The second-order valence-corrected chi connectivity index (χ2v) is 13.5. The van der Waals surface area contributed by atoms with Crippen molar-refractivity contribution in [3.63, 3.8) is 0 Å². The highest BCUT2D eigenvalue weighted by molar-refractivity contribution is 7.99. The van der Waals surface area contributed by atoms with Gasteiger partial charge in [0.2, 0.25) is 0 Å². The van der Waals surface area contributed by atoms with Crippen molar-refractivity contribution in [1.29, 1.82) is 0 Å². The van der Waals surface area contributed by atoms with E-state index in [2.05, 4.69) is 46.4 Å². The van der Waals surface area contributed by atoms with Crippen molar-refractivity contribution < 1.29 is 10.2 Å². The molecule has 0 amide bonds. The van der Waals surface area contributed by atoms with Crippen LogP contribution in [-0.2, 0) is 0 Å². The van der Waals surface area contributed by atoms with E-state index in [1.54, 1.807) is 0 Å². The number of hydrogen-bond acceptors (Lipinski definition) is 3. The third-order valence-electron chi connectivity index (χ3n) is 8.99. The van der Waals surface area contributed by atoms with Gasteiger partial charge in [-0.2, -0.15) is 11.8 Å². The summed E-state index contributed by atoms with van der Waals surface area (Å²) in [6.45, 7) is 11.5. The Hall–Kier alpha value is 0.270. The van der Waals surface area contributed by atoms with Gasteiger partial charge in [-0.05, 0) is 85.0 Å². The minimum Gasteiger partial charge on any atom is -0.393 e. The fraction of sp³-hybridized carbons (Fsp3) is 1.00. The lowest BCUT2D eigenvalue weighted by atomic mass is 9.61. The van der Waals surface area contributed by atoms with Crippen molar-refractivity contribution in [2.75, 3.05) is 11.5 Å². The summed E-state index contributed by atoms with van der Waals surface area (Å²) in [5.41, 5.74) is 0. The predicted octanol–water partition coefficient (Wildman–Crippen LogP) is 8.34. The summed E-state index contributed by atoms with van der Waals surface area (Å²) in [4.78, 5) is 0. The van der Waals surface area contributed by atoms with Crippen molar-refractivity contribution >= 4 is 11.8 Å². The molecular formula is C30H58O2S. The summed E-state index contributed by atoms with van der Waals surface area (Å²) >= 11 is 2.11. The van der Waals surface area contributed by atoms with Gasteiger partial charge in [-0.25, -0.2) is 0 Å². The van der Waals surface area contributed by atoms with Crippen LogP contribution in [0.3, 0.4) is 0 Å². The standard InChI is InChI=1S/C30H58O2S/c1-6-7-8-9-10-11-12-13-14-15-16-33-21-28(26-19-22(2)17-24(4)29(26)31)27-20-23(3)18-25(5)30(27)32/h22-32H,6-21H2,1-5H3. The third kappa shape index (κ3) is 10.0. The number of hydrogen-bond donors (Lipinski definition) is 2. The maximum Gasteiger partial charge on any atom is 0.0597 e. The van der Waals surface area contributed by atoms with E-state index in [1.807, 2.05) is 0 Å². The molecule has 8 atom stereocenters. The fourth-order valence-corrected chi connectivity index (χ4v) is 8.47. The molecule has 2 fully saturated rings. The van der Waals surface area contributed by atoms with E-state index in [-0.39, 0.29) is 12.2 Å². The molecule has 0 spiro atoms. The van der Waals surface area contributed by atoms with Crippen LogP contribution in [0.1, 0.15) is 125 Å². The van der Waals surface area contributed by atoms with Crippen LogP contribution in [0, 0.1) is 41.4 Å². The normalized spacial score (nSPS) is 36.1. The van der Waals surface area contributed by atoms with Gasteiger partial charge in [-0.15, -0.1) is 0 Å². The number of aliphatic hydroxyl groups excluding tert-OH is 2. The average molecular weight is 483 g/mol. The number of thioether (sulfide) groups is 1. The Morgan fingerprint density at radius 2 is 1.06 bits per heavy atom. The van der Waals surface area contributed by atoms with Crippen molar-refractivity contribution in [1.82, 2.24) is 0 Å². The van der Waals surface area contributed by atoms with E-state index < -0.39 is 0 Å². The Labute approximate surface area is 211 Å². The third-order valence-corrected chi connectivity index (χ3v) is 10.2. The van der Waals surface area contributed by atoms with Gasteiger partial charge in [0.15, 0.2) is 0 Å². The molecule has 0 radical (unpaired) electrons. The minimum atomic E-state index is -0.191. The Bertz CT molecular complexity index is 468. The van der Waals surface area contributed by atoms with Crippen LogP contribution < -0.4 is 0 Å². The first-order chi connectivity index (χ1) is 15.8. The van der Waals surface area contributed by atoms with Gasteiger partial charge in [0.05, 0.1) is 12.2 Å². The second kappa shape index (κ2) is 16.1. The Morgan fingerprint density at radius 1 is 0.636 bits per heavy atom. The van der Waals surface area contributed by atoms with E-state index in [0.717, 1.165) is 31.4 Å². The maximum atomic E-state index is 11.2. The zero-order valence-electron chi connectivity index (χ0n) is 22.8. The average Bonchev–Trinajstić information content (AvgIpc) is 2.77. The molecule has 2 nitrogen and oxygen atoms in total. The van der Waals surface area contributed by atoms with E-state index >= 15 is 0 Å². The van der Waals surface area contributed by atoms with Crippen LogP contribution in [-0.4, -0.2) is 33.9 Å². The zero-order chi connectivity index (χ0) is 24.2. The minimum absolute atomic E-state index is 0.191. The fourth-order valence-electron chi connectivity index (χ4n) is 7.12. The van der Waals surface area contributed by atoms with Gasteiger partial charge >= 0.3 is 0 Å². The first-order valence-corrected chi connectivity index (χ1v) is 15.9. The molecule has 2 N–H and O–H groups in total. The highest BCUT2D eigenvalue weighted by Gasteiger charge is 2.45. The van der Waals surface area contributed by atoms with Crippen molar-refractivity contribution in [2.24, 2.45) is 41.4 Å². The Kier molecular flexibility index (Phi) is 14.4. The molecule has 8 unspecified atom stereocenters. The lowest BCUT2D eigenvalue weighted by Gasteiger charge is -2.47. The molecule has 2 aliphatic carbocycles. The lowest BCUT2D eigenvalue weighted by Crippen LogP contribution is -2.48. The first kappa shape index (κ1) is 29.5. The molecule has 0 aromatic rings. The van der Waals surface area contributed by atoms with E-state index in [1.165, 1.54) is 70.0 Å². The van der Waals surface area contributed by atoms with Crippen LogP contribution in [0.25, 0.3) is 0 Å². The van der Waals surface area contributed by atoms with E-state index in [4.69, 9.17) is 0 Å². The second-order valence-electron chi connectivity index (χ2n) is 12.3. The monoisotopic (exact) mass is 482 g/mol. The van der Waals surface area contributed by atoms with Crippen LogP contribution in [0.15, 0.2) is 0 Å². The predicted molar refractivity (Wildman–Crippen MR) is 147 cm³/mol. The number of rotatable bonds is 15. The molecular weight excluding hydrogens is 424 g/mol. The van der Waals surface area contributed by atoms with Crippen molar-refractivity contribution in [3.8, 4) is 0 Å². The van der Waals surface area contributed by atoms with Gasteiger partial charge in [0.1, 0.15) is 0 Å². The van der Waals surface area contributed by atoms with E-state index in [9.17, 15) is 10.2 Å². The SMILES string of the molecule is CCCCCCCCCCCCSCC(C1CC(C)CC(C)C1O)C1CC(C)CC(C)C1O. The molecule has 196 valence electrons. The number of aliphatic hydroxyl groups is 2. The van der Waals surface area contributed by atoms with Gasteiger partial charge in [0.25, 0.3) is 0 Å². The number of unbranched alkanes of at least 4 members (excludes halogenated alkanes) is 9. The molecule has 0 aromatic heterocycles. The highest BCUT2D eigenvalue weighted by atomic mass is 32.2. The Balaban J connectivity index is 1.79. The summed E-state index contributed by atoms with van der Waals surface area (Å²) in [7, 11) is 0. The molecule has 2 rings (SSSR count). The topological polar surface area (TPSA) is 40.5 Å². The van der Waals surface area contributed by atoms with Crippen LogP contribution in [0.2, 0.25) is 0 Å². The van der Waals surface area contributed by atoms with Gasteiger partial charge in [0, 0.05) is 0 Å². The summed E-state index contributed by atoms with van der Waals surface area (Å²) in [5.74, 6) is 5.72. The summed E-state index contributed by atoms with van der Waals surface area (Å²) < 4.78 is 0. The molecule has 0 saturated heterocycles.